The van der Waals surface area contributed by atoms with Crippen LogP contribution in [0.2, 0.25) is 0 Å². The minimum atomic E-state index is 0.197. The molecule has 1 rings (SSSR count). The third kappa shape index (κ3) is 5.63. The fraction of sp³-hybridized carbons (Fsp3) is 0.857. The van der Waals surface area contributed by atoms with Gasteiger partial charge in [-0.3, -0.25) is 4.79 Å². The van der Waals surface area contributed by atoms with E-state index in [9.17, 15) is 9.59 Å². The van der Waals surface area contributed by atoms with Crippen molar-refractivity contribution in [2.45, 2.75) is 39.5 Å². The molecule has 0 spiro atoms. The standard InChI is InChI=1S/C14H26N2O2/c1-12(17)5-4-8-15(3)11-14-6-9-16(10-7-14)13(2)18/h14H,4-11H2,1-3H3. The molecule has 0 atom stereocenters. The molecule has 1 fully saturated rings. The van der Waals surface area contributed by atoms with Crippen LogP contribution in [0.4, 0.5) is 0 Å². The van der Waals surface area contributed by atoms with E-state index in [1.54, 1.807) is 13.8 Å². The summed E-state index contributed by atoms with van der Waals surface area (Å²) in [6.07, 6.45) is 3.86. The lowest BCUT2D eigenvalue weighted by Gasteiger charge is -2.33. The highest BCUT2D eigenvalue weighted by atomic mass is 16.2. The van der Waals surface area contributed by atoms with Crippen molar-refractivity contribution in [2.75, 3.05) is 33.2 Å². The maximum Gasteiger partial charge on any atom is 0.219 e. The van der Waals surface area contributed by atoms with Crippen LogP contribution in [0.15, 0.2) is 0 Å². The van der Waals surface area contributed by atoms with E-state index in [0.29, 0.717) is 12.3 Å². The monoisotopic (exact) mass is 254 g/mol. The summed E-state index contributed by atoms with van der Waals surface area (Å²) in [5.41, 5.74) is 0. The lowest BCUT2D eigenvalue weighted by molar-refractivity contribution is -0.130. The first kappa shape index (κ1) is 15.2. The maximum absolute atomic E-state index is 11.2. The minimum Gasteiger partial charge on any atom is -0.343 e. The molecule has 4 heteroatoms. The Balaban J connectivity index is 2.16. The number of piperidine rings is 1. The van der Waals surface area contributed by atoms with Gasteiger partial charge < -0.3 is 14.6 Å². The molecule has 1 saturated heterocycles. The Morgan fingerprint density at radius 2 is 1.83 bits per heavy atom. The van der Waals surface area contributed by atoms with Crippen LogP contribution in [0.1, 0.15) is 39.5 Å². The molecule has 0 aromatic rings. The SMILES string of the molecule is CC(=O)CCCN(C)CC1CCN(C(C)=O)CC1. The Hall–Kier alpha value is -0.900. The van der Waals surface area contributed by atoms with Gasteiger partial charge in [-0.25, -0.2) is 0 Å². The summed E-state index contributed by atoms with van der Waals surface area (Å²) in [6.45, 7) is 7.18. The van der Waals surface area contributed by atoms with E-state index < -0.39 is 0 Å². The summed E-state index contributed by atoms with van der Waals surface area (Å²) in [5, 5.41) is 0. The van der Waals surface area contributed by atoms with Crippen LogP contribution in [0.3, 0.4) is 0 Å². The van der Waals surface area contributed by atoms with Crippen LogP contribution in [0.25, 0.3) is 0 Å². The number of ketones is 1. The summed E-state index contributed by atoms with van der Waals surface area (Å²) in [5.74, 6) is 1.17. The van der Waals surface area contributed by atoms with E-state index in [0.717, 1.165) is 45.4 Å². The number of hydrogen-bond acceptors (Lipinski definition) is 3. The fourth-order valence-electron chi connectivity index (χ4n) is 2.56. The molecule has 0 aliphatic carbocycles. The lowest BCUT2D eigenvalue weighted by atomic mass is 9.96. The Labute approximate surface area is 110 Å². The molecule has 4 nitrogen and oxygen atoms in total. The lowest BCUT2D eigenvalue weighted by Crippen LogP contribution is -2.40. The van der Waals surface area contributed by atoms with E-state index >= 15 is 0 Å². The van der Waals surface area contributed by atoms with E-state index in [1.165, 1.54) is 0 Å². The zero-order chi connectivity index (χ0) is 13.5. The molecule has 0 aromatic carbocycles. The molecule has 0 radical (unpaired) electrons. The van der Waals surface area contributed by atoms with Gasteiger partial charge in [0.1, 0.15) is 5.78 Å². The smallest absolute Gasteiger partial charge is 0.219 e. The molecule has 0 bridgehead atoms. The predicted molar refractivity (Wildman–Crippen MR) is 72.4 cm³/mol. The van der Waals surface area contributed by atoms with Gasteiger partial charge in [0.25, 0.3) is 0 Å². The summed E-state index contributed by atoms with van der Waals surface area (Å²) < 4.78 is 0. The van der Waals surface area contributed by atoms with Crippen molar-refractivity contribution in [2.24, 2.45) is 5.92 Å². The molecule has 0 aromatic heterocycles. The van der Waals surface area contributed by atoms with Crippen molar-refractivity contribution in [3.05, 3.63) is 0 Å². The normalized spacial score (nSPS) is 17.2. The molecular weight excluding hydrogens is 228 g/mol. The number of likely N-dealkylation sites (tertiary alicyclic amines) is 1. The van der Waals surface area contributed by atoms with Gasteiger partial charge in [0.05, 0.1) is 0 Å². The van der Waals surface area contributed by atoms with Crippen LogP contribution in [-0.2, 0) is 9.59 Å². The second-order valence-electron chi connectivity index (χ2n) is 5.52. The first-order valence-corrected chi connectivity index (χ1v) is 6.92. The molecule has 0 N–H and O–H groups in total. The van der Waals surface area contributed by atoms with Gasteiger partial charge in [-0.15, -0.1) is 0 Å². The first-order valence-electron chi connectivity index (χ1n) is 6.92. The summed E-state index contributed by atoms with van der Waals surface area (Å²) in [7, 11) is 2.12. The van der Waals surface area contributed by atoms with E-state index in [2.05, 4.69) is 11.9 Å². The van der Waals surface area contributed by atoms with Crippen LogP contribution >= 0.6 is 0 Å². The Kier molecular flexibility index (Phi) is 6.33. The fourth-order valence-corrected chi connectivity index (χ4v) is 2.56. The van der Waals surface area contributed by atoms with Crippen molar-refractivity contribution in [1.29, 1.82) is 0 Å². The van der Waals surface area contributed by atoms with Gasteiger partial charge in [0.15, 0.2) is 0 Å². The summed E-state index contributed by atoms with van der Waals surface area (Å²) in [6, 6.07) is 0. The zero-order valence-electron chi connectivity index (χ0n) is 11.9. The Bertz CT molecular complexity index is 284. The summed E-state index contributed by atoms with van der Waals surface area (Å²) in [4.78, 5) is 26.3. The second kappa shape index (κ2) is 7.52. The maximum atomic E-state index is 11.2. The molecule has 1 aliphatic heterocycles. The highest BCUT2D eigenvalue weighted by Gasteiger charge is 2.21. The highest BCUT2D eigenvalue weighted by molar-refractivity contribution is 5.75. The average molecular weight is 254 g/mol. The molecule has 1 heterocycles. The Morgan fingerprint density at radius 1 is 1.22 bits per heavy atom. The van der Waals surface area contributed by atoms with Crippen molar-refractivity contribution in [1.82, 2.24) is 9.80 Å². The van der Waals surface area contributed by atoms with Gasteiger partial charge in [-0.2, -0.15) is 0 Å². The minimum absolute atomic E-state index is 0.197. The van der Waals surface area contributed by atoms with Gasteiger partial charge >= 0.3 is 0 Å². The van der Waals surface area contributed by atoms with Crippen LogP contribution in [0, 0.1) is 5.92 Å². The van der Waals surface area contributed by atoms with Crippen LogP contribution in [-0.4, -0.2) is 54.7 Å². The summed E-state index contributed by atoms with van der Waals surface area (Å²) >= 11 is 0. The molecule has 0 saturated carbocycles. The van der Waals surface area contributed by atoms with Crippen molar-refractivity contribution in [3.63, 3.8) is 0 Å². The quantitative estimate of drug-likeness (QED) is 0.722. The van der Waals surface area contributed by atoms with Crippen LogP contribution in [0.5, 0.6) is 0 Å². The molecule has 0 unspecified atom stereocenters. The third-order valence-corrected chi connectivity index (χ3v) is 3.70. The third-order valence-electron chi connectivity index (χ3n) is 3.70. The molecule has 104 valence electrons. The number of hydrogen-bond donors (Lipinski definition) is 0. The van der Waals surface area contributed by atoms with Gasteiger partial charge in [0.2, 0.25) is 5.91 Å². The Morgan fingerprint density at radius 3 is 2.33 bits per heavy atom. The van der Waals surface area contributed by atoms with E-state index in [1.807, 2.05) is 4.90 Å². The van der Waals surface area contributed by atoms with E-state index in [4.69, 9.17) is 0 Å². The van der Waals surface area contributed by atoms with Crippen molar-refractivity contribution >= 4 is 11.7 Å². The number of amides is 1. The van der Waals surface area contributed by atoms with Gasteiger partial charge in [0, 0.05) is 33.0 Å². The molecule has 1 amide bonds. The second-order valence-corrected chi connectivity index (χ2v) is 5.52. The number of Topliss-reactive ketones (excluding diaryl/α,β-unsaturated/α-hetero) is 1. The number of nitrogens with zero attached hydrogens (tertiary/aromatic N) is 2. The molecule has 18 heavy (non-hydrogen) atoms. The topological polar surface area (TPSA) is 40.6 Å². The number of rotatable bonds is 6. The first-order chi connectivity index (χ1) is 8.49. The van der Waals surface area contributed by atoms with Gasteiger partial charge in [-0.1, -0.05) is 0 Å². The highest BCUT2D eigenvalue weighted by Crippen LogP contribution is 2.18. The average Bonchev–Trinajstić information content (AvgIpc) is 2.29. The van der Waals surface area contributed by atoms with E-state index in [-0.39, 0.29) is 11.7 Å². The molecular formula is C14H26N2O2. The largest absolute Gasteiger partial charge is 0.343 e. The van der Waals surface area contributed by atoms with Crippen LogP contribution < -0.4 is 0 Å². The predicted octanol–water partition coefficient (Wildman–Crippen LogP) is 1.55. The molecule has 1 aliphatic rings. The number of carbonyl (C=O) groups excluding carboxylic acids is 2. The zero-order valence-corrected chi connectivity index (χ0v) is 11.9. The van der Waals surface area contributed by atoms with Crippen molar-refractivity contribution < 1.29 is 9.59 Å². The van der Waals surface area contributed by atoms with Gasteiger partial charge in [-0.05, 0) is 45.7 Å². The van der Waals surface area contributed by atoms with Crippen molar-refractivity contribution in [3.8, 4) is 0 Å². The number of carbonyl (C=O) groups is 2.